The molecule has 6 nitrogen and oxygen atoms in total. The number of hydrogen-bond donors (Lipinski definition) is 2. The predicted octanol–water partition coefficient (Wildman–Crippen LogP) is 1.22. The maximum absolute atomic E-state index is 5.65. The van der Waals surface area contributed by atoms with Gasteiger partial charge in [-0.2, -0.15) is 0 Å². The first kappa shape index (κ1) is 13.6. The number of pyridine rings is 1. The van der Waals surface area contributed by atoms with Crippen LogP contribution in [0.25, 0.3) is 0 Å². The van der Waals surface area contributed by atoms with Crippen molar-refractivity contribution in [2.24, 2.45) is 5.84 Å². The van der Waals surface area contributed by atoms with Crippen LogP contribution >= 0.6 is 0 Å². The first-order chi connectivity index (χ1) is 9.35. The number of aromatic nitrogens is 4. The number of rotatable bonds is 7. The van der Waals surface area contributed by atoms with Gasteiger partial charge in [-0.15, -0.1) is 5.10 Å². The fourth-order valence-corrected chi connectivity index (χ4v) is 2.08. The van der Waals surface area contributed by atoms with Crippen LogP contribution in [-0.2, 0) is 13.0 Å². The molecule has 0 spiro atoms. The average molecular weight is 260 g/mol. The molecule has 0 aliphatic carbocycles. The SMILES string of the molecule is CCCn1nncc1C(CCc1ccccn1)NN. The van der Waals surface area contributed by atoms with Crippen LogP contribution in [0.1, 0.15) is 37.2 Å². The van der Waals surface area contributed by atoms with Crippen molar-refractivity contribution in [3.05, 3.63) is 42.0 Å². The number of aryl methyl sites for hydroxylation is 2. The largest absolute Gasteiger partial charge is 0.271 e. The second-order valence-corrected chi connectivity index (χ2v) is 4.46. The van der Waals surface area contributed by atoms with Gasteiger partial charge in [0.05, 0.1) is 17.9 Å². The van der Waals surface area contributed by atoms with Gasteiger partial charge in [0.15, 0.2) is 0 Å². The van der Waals surface area contributed by atoms with Crippen molar-refractivity contribution >= 4 is 0 Å². The lowest BCUT2D eigenvalue weighted by Crippen LogP contribution is -2.30. The maximum atomic E-state index is 5.65. The zero-order valence-electron chi connectivity index (χ0n) is 11.2. The highest BCUT2D eigenvalue weighted by molar-refractivity contribution is 5.07. The third-order valence-corrected chi connectivity index (χ3v) is 3.06. The fraction of sp³-hybridized carbons (Fsp3) is 0.462. The average Bonchev–Trinajstić information content (AvgIpc) is 2.90. The van der Waals surface area contributed by atoms with E-state index in [4.69, 9.17) is 5.84 Å². The quantitative estimate of drug-likeness (QED) is 0.578. The Bertz CT molecular complexity index is 481. The van der Waals surface area contributed by atoms with Crippen LogP contribution in [-0.4, -0.2) is 20.0 Å². The molecule has 0 amide bonds. The summed E-state index contributed by atoms with van der Waals surface area (Å²) >= 11 is 0. The van der Waals surface area contributed by atoms with Crippen LogP contribution in [0.3, 0.4) is 0 Å². The topological polar surface area (TPSA) is 81.7 Å². The molecular weight excluding hydrogens is 240 g/mol. The number of nitrogens with zero attached hydrogens (tertiary/aromatic N) is 4. The number of hydrogen-bond acceptors (Lipinski definition) is 5. The number of hydrazine groups is 1. The predicted molar refractivity (Wildman–Crippen MR) is 72.9 cm³/mol. The minimum atomic E-state index is 0.0450. The van der Waals surface area contributed by atoms with E-state index in [-0.39, 0.29) is 6.04 Å². The molecule has 2 aromatic rings. The van der Waals surface area contributed by atoms with Crippen molar-refractivity contribution in [1.82, 2.24) is 25.4 Å². The minimum Gasteiger partial charge on any atom is -0.271 e. The Labute approximate surface area is 113 Å². The number of nitrogens with one attached hydrogen (secondary N) is 1. The summed E-state index contributed by atoms with van der Waals surface area (Å²) in [6.45, 7) is 2.97. The summed E-state index contributed by atoms with van der Waals surface area (Å²) in [7, 11) is 0. The van der Waals surface area contributed by atoms with E-state index in [1.807, 2.05) is 29.1 Å². The van der Waals surface area contributed by atoms with Gasteiger partial charge >= 0.3 is 0 Å². The summed E-state index contributed by atoms with van der Waals surface area (Å²) < 4.78 is 1.91. The monoisotopic (exact) mass is 260 g/mol. The molecule has 3 N–H and O–H groups in total. The van der Waals surface area contributed by atoms with Gasteiger partial charge in [0, 0.05) is 18.4 Å². The molecule has 6 heteroatoms. The van der Waals surface area contributed by atoms with E-state index in [1.165, 1.54) is 0 Å². The Balaban J connectivity index is 2.01. The standard InChI is InChI=1S/C13H20N6/c1-2-9-19-13(10-16-18-19)12(17-14)7-6-11-5-3-4-8-15-11/h3-5,8,10,12,17H,2,6-7,9,14H2,1H3. The Kier molecular flexibility index (Phi) is 5.00. The summed E-state index contributed by atoms with van der Waals surface area (Å²) in [6, 6.07) is 5.98. The third-order valence-electron chi connectivity index (χ3n) is 3.06. The first-order valence-electron chi connectivity index (χ1n) is 6.59. The zero-order chi connectivity index (χ0) is 13.5. The normalized spacial score (nSPS) is 12.5. The zero-order valence-corrected chi connectivity index (χ0v) is 11.2. The van der Waals surface area contributed by atoms with E-state index in [1.54, 1.807) is 6.20 Å². The molecule has 2 heterocycles. The lowest BCUT2D eigenvalue weighted by atomic mass is 10.1. The van der Waals surface area contributed by atoms with E-state index >= 15 is 0 Å². The van der Waals surface area contributed by atoms with Crippen molar-refractivity contribution < 1.29 is 0 Å². The van der Waals surface area contributed by atoms with Gasteiger partial charge in [0.25, 0.3) is 0 Å². The van der Waals surface area contributed by atoms with Crippen LogP contribution in [0.4, 0.5) is 0 Å². The lowest BCUT2D eigenvalue weighted by Gasteiger charge is -2.16. The minimum absolute atomic E-state index is 0.0450. The lowest BCUT2D eigenvalue weighted by molar-refractivity contribution is 0.453. The van der Waals surface area contributed by atoms with E-state index in [0.29, 0.717) is 0 Å². The molecule has 0 saturated heterocycles. The smallest absolute Gasteiger partial charge is 0.0770 e. The van der Waals surface area contributed by atoms with E-state index < -0.39 is 0 Å². The molecule has 0 aliphatic heterocycles. The molecule has 1 unspecified atom stereocenters. The van der Waals surface area contributed by atoms with Crippen molar-refractivity contribution in [3.8, 4) is 0 Å². The highest BCUT2D eigenvalue weighted by atomic mass is 15.4. The Hall–Kier alpha value is -1.79. The third kappa shape index (κ3) is 3.59. The second-order valence-electron chi connectivity index (χ2n) is 4.46. The van der Waals surface area contributed by atoms with Crippen molar-refractivity contribution in [2.45, 2.75) is 38.8 Å². The maximum Gasteiger partial charge on any atom is 0.0770 e. The highest BCUT2D eigenvalue weighted by Gasteiger charge is 2.15. The number of nitrogens with two attached hydrogens (primary N) is 1. The molecule has 0 aromatic carbocycles. The Morgan fingerprint density at radius 2 is 2.32 bits per heavy atom. The van der Waals surface area contributed by atoms with E-state index in [9.17, 15) is 0 Å². The molecule has 0 saturated carbocycles. The van der Waals surface area contributed by atoms with Crippen LogP contribution in [0.2, 0.25) is 0 Å². The van der Waals surface area contributed by atoms with E-state index in [0.717, 1.165) is 37.2 Å². The summed E-state index contributed by atoms with van der Waals surface area (Å²) in [4.78, 5) is 4.32. The molecule has 19 heavy (non-hydrogen) atoms. The van der Waals surface area contributed by atoms with Crippen LogP contribution < -0.4 is 11.3 Å². The summed E-state index contributed by atoms with van der Waals surface area (Å²) in [5, 5.41) is 8.05. The molecule has 0 aliphatic rings. The van der Waals surface area contributed by atoms with Gasteiger partial charge in [-0.1, -0.05) is 18.2 Å². The van der Waals surface area contributed by atoms with E-state index in [2.05, 4.69) is 27.6 Å². The fourth-order valence-electron chi connectivity index (χ4n) is 2.08. The van der Waals surface area contributed by atoms with Gasteiger partial charge < -0.3 is 0 Å². The summed E-state index contributed by atoms with van der Waals surface area (Å²) in [5.41, 5.74) is 4.94. The first-order valence-corrected chi connectivity index (χ1v) is 6.59. The highest BCUT2D eigenvalue weighted by Crippen LogP contribution is 2.17. The molecule has 0 fully saturated rings. The van der Waals surface area contributed by atoms with Gasteiger partial charge in [-0.3, -0.25) is 16.3 Å². The van der Waals surface area contributed by atoms with Crippen molar-refractivity contribution in [3.63, 3.8) is 0 Å². The van der Waals surface area contributed by atoms with Gasteiger partial charge in [-0.05, 0) is 31.4 Å². The van der Waals surface area contributed by atoms with Gasteiger partial charge in [0.2, 0.25) is 0 Å². The molecule has 2 rings (SSSR count). The molecule has 1 atom stereocenters. The molecule has 2 aromatic heterocycles. The van der Waals surface area contributed by atoms with Gasteiger partial charge in [-0.25, -0.2) is 4.68 Å². The Morgan fingerprint density at radius 1 is 1.42 bits per heavy atom. The van der Waals surface area contributed by atoms with Crippen molar-refractivity contribution in [2.75, 3.05) is 0 Å². The Morgan fingerprint density at radius 3 is 3.00 bits per heavy atom. The van der Waals surface area contributed by atoms with Crippen molar-refractivity contribution in [1.29, 1.82) is 0 Å². The molecule has 0 bridgehead atoms. The van der Waals surface area contributed by atoms with Crippen LogP contribution in [0.5, 0.6) is 0 Å². The molecular formula is C13H20N6. The molecule has 102 valence electrons. The van der Waals surface area contributed by atoms with Crippen LogP contribution in [0.15, 0.2) is 30.6 Å². The second kappa shape index (κ2) is 6.96. The summed E-state index contributed by atoms with van der Waals surface area (Å²) in [5.74, 6) is 5.65. The molecule has 0 radical (unpaired) electrons. The summed E-state index contributed by atoms with van der Waals surface area (Å²) in [6.07, 6.45) is 6.34. The van der Waals surface area contributed by atoms with Crippen LogP contribution in [0, 0.1) is 0 Å². The van der Waals surface area contributed by atoms with Gasteiger partial charge in [0.1, 0.15) is 0 Å².